The standard InChI is InChI=1S/C35H36N2O3/c1-4-7-13-22-37(25-14-9-8-10-15-25)27-19-21-32-31(23-27)35(29-17-12-11-16-28(29)34(38)40-35)30-20-18-26(24-33(30)39-32)36(5-2)6-3/h8-12,14-21,23-24H,4-7,13,22H2,1-3H3. The second-order valence-electron chi connectivity index (χ2n) is 10.4. The van der Waals surface area contributed by atoms with E-state index in [9.17, 15) is 4.79 Å². The van der Waals surface area contributed by atoms with Gasteiger partial charge < -0.3 is 19.3 Å². The lowest BCUT2D eigenvalue weighted by Crippen LogP contribution is -2.33. The maximum Gasteiger partial charge on any atom is 0.340 e. The molecule has 5 heteroatoms. The molecule has 0 amide bonds. The predicted molar refractivity (Wildman–Crippen MR) is 161 cm³/mol. The first-order valence-electron chi connectivity index (χ1n) is 14.5. The summed E-state index contributed by atoms with van der Waals surface area (Å²) in [7, 11) is 0. The summed E-state index contributed by atoms with van der Waals surface area (Å²) in [6.07, 6.45) is 3.40. The van der Waals surface area contributed by atoms with Crippen LogP contribution in [-0.4, -0.2) is 25.6 Å². The fourth-order valence-corrected chi connectivity index (χ4v) is 6.14. The third kappa shape index (κ3) is 4.21. The van der Waals surface area contributed by atoms with Crippen molar-refractivity contribution in [3.63, 3.8) is 0 Å². The van der Waals surface area contributed by atoms with Crippen LogP contribution in [0.25, 0.3) is 0 Å². The van der Waals surface area contributed by atoms with Crippen molar-refractivity contribution in [2.45, 2.75) is 45.6 Å². The maximum absolute atomic E-state index is 13.4. The number of carbonyl (C=O) groups is 1. The molecule has 1 atom stereocenters. The van der Waals surface area contributed by atoms with Gasteiger partial charge in [0, 0.05) is 59.5 Å². The van der Waals surface area contributed by atoms with E-state index in [1.165, 1.54) is 0 Å². The van der Waals surface area contributed by atoms with Crippen molar-refractivity contribution in [1.29, 1.82) is 0 Å². The zero-order valence-electron chi connectivity index (χ0n) is 23.5. The Morgan fingerprint density at radius 3 is 2.20 bits per heavy atom. The van der Waals surface area contributed by atoms with Gasteiger partial charge in [0.05, 0.1) is 5.56 Å². The van der Waals surface area contributed by atoms with Crippen LogP contribution in [0.2, 0.25) is 0 Å². The second-order valence-corrected chi connectivity index (χ2v) is 10.4. The van der Waals surface area contributed by atoms with E-state index >= 15 is 0 Å². The Balaban J connectivity index is 1.54. The number of benzene rings is 4. The van der Waals surface area contributed by atoms with Gasteiger partial charge in [0.2, 0.25) is 0 Å². The van der Waals surface area contributed by atoms with Crippen molar-refractivity contribution in [1.82, 2.24) is 0 Å². The highest BCUT2D eigenvalue weighted by molar-refractivity contribution is 5.97. The number of carbonyl (C=O) groups excluding carboxylic acids is 1. The number of hydrogen-bond donors (Lipinski definition) is 0. The summed E-state index contributed by atoms with van der Waals surface area (Å²) in [5, 5.41) is 0. The van der Waals surface area contributed by atoms with Crippen LogP contribution < -0.4 is 14.5 Å². The lowest BCUT2D eigenvalue weighted by atomic mass is 9.77. The minimum Gasteiger partial charge on any atom is -0.456 e. The number of ether oxygens (including phenoxy) is 2. The van der Waals surface area contributed by atoms with Crippen LogP contribution in [0.15, 0.2) is 91.0 Å². The highest BCUT2D eigenvalue weighted by Gasteiger charge is 2.53. The van der Waals surface area contributed by atoms with Gasteiger partial charge in [-0.05, 0) is 68.8 Å². The number of anilines is 3. The molecule has 0 bridgehead atoms. The van der Waals surface area contributed by atoms with E-state index in [1.807, 2.05) is 36.4 Å². The smallest absolute Gasteiger partial charge is 0.340 e. The Bertz CT molecular complexity index is 1530. The third-order valence-electron chi connectivity index (χ3n) is 8.17. The fourth-order valence-electron chi connectivity index (χ4n) is 6.14. The first-order chi connectivity index (χ1) is 19.6. The highest BCUT2D eigenvalue weighted by atomic mass is 16.6. The van der Waals surface area contributed by atoms with Gasteiger partial charge in [-0.25, -0.2) is 4.79 Å². The molecule has 2 heterocycles. The monoisotopic (exact) mass is 532 g/mol. The second kappa shape index (κ2) is 10.7. The first kappa shape index (κ1) is 26.0. The van der Waals surface area contributed by atoms with E-state index in [4.69, 9.17) is 9.47 Å². The zero-order chi connectivity index (χ0) is 27.7. The molecule has 0 fully saturated rings. The van der Waals surface area contributed by atoms with Crippen molar-refractivity contribution in [3.8, 4) is 11.5 Å². The highest BCUT2D eigenvalue weighted by Crippen LogP contribution is 2.57. The predicted octanol–water partition coefficient (Wildman–Crippen LogP) is 8.43. The van der Waals surface area contributed by atoms with Crippen LogP contribution in [0.4, 0.5) is 17.1 Å². The van der Waals surface area contributed by atoms with Gasteiger partial charge in [0.25, 0.3) is 0 Å². The van der Waals surface area contributed by atoms with E-state index in [1.54, 1.807) is 0 Å². The van der Waals surface area contributed by atoms with Gasteiger partial charge in [-0.2, -0.15) is 0 Å². The average Bonchev–Trinajstić information content (AvgIpc) is 3.29. The van der Waals surface area contributed by atoms with Gasteiger partial charge in [0.15, 0.2) is 5.60 Å². The summed E-state index contributed by atoms with van der Waals surface area (Å²) < 4.78 is 13.1. The van der Waals surface area contributed by atoms with Crippen molar-refractivity contribution >= 4 is 23.0 Å². The Morgan fingerprint density at radius 1 is 0.675 bits per heavy atom. The summed E-state index contributed by atoms with van der Waals surface area (Å²) in [6, 6.07) is 30.8. The third-order valence-corrected chi connectivity index (χ3v) is 8.17. The molecule has 40 heavy (non-hydrogen) atoms. The number of nitrogens with zero attached hydrogens (tertiary/aromatic N) is 2. The molecule has 1 spiro atoms. The fraction of sp³-hybridized carbons (Fsp3) is 0.286. The molecule has 0 aliphatic carbocycles. The van der Waals surface area contributed by atoms with Gasteiger partial charge in [-0.15, -0.1) is 0 Å². The summed E-state index contributed by atoms with van der Waals surface area (Å²) in [5.74, 6) is 1.12. The number of rotatable bonds is 9. The molecule has 5 nitrogen and oxygen atoms in total. The van der Waals surface area contributed by atoms with E-state index in [2.05, 4.69) is 85.2 Å². The first-order valence-corrected chi connectivity index (χ1v) is 14.5. The normalized spacial score (nSPS) is 16.5. The molecule has 0 saturated heterocycles. The lowest BCUT2D eigenvalue weighted by molar-refractivity contribution is 0.0224. The lowest BCUT2D eigenvalue weighted by Gasteiger charge is -2.38. The number of fused-ring (bicyclic) bond motifs is 6. The van der Waals surface area contributed by atoms with Gasteiger partial charge >= 0.3 is 5.97 Å². The molecular formula is C35H36N2O3. The zero-order valence-corrected chi connectivity index (χ0v) is 23.5. The minimum atomic E-state index is -1.08. The molecule has 4 aromatic carbocycles. The van der Waals surface area contributed by atoms with Crippen LogP contribution in [0.1, 0.15) is 67.1 Å². The molecule has 0 saturated carbocycles. The molecule has 6 rings (SSSR count). The van der Waals surface area contributed by atoms with Gasteiger partial charge in [-0.3, -0.25) is 0 Å². The van der Waals surface area contributed by atoms with E-state index < -0.39 is 5.60 Å². The van der Waals surface area contributed by atoms with Crippen LogP contribution >= 0.6 is 0 Å². The van der Waals surface area contributed by atoms with Crippen LogP contribution in [0.5, 0.6) is 11.5 Å². The Hall–Kier alpha value is -4.25. The van der Waals surface area contributed by atoms with E-state index in [-0.39, 0.29) is 5.97 Å². The Kier molecular flexibility index (Phi) is 6.97. The number of esters is 1. The summed E-state index contributed by atoms with van der Waals surface area (Å²) >= 11 is 0. The quantitative estimate of drug-likeness (QED) is 0.160. The van der Waals surface area contributed by atoms with Crippen molar-refractivity contribution in [2.75, 3.05) is 29.4 Å². The Labute approximate surface area is 237 Å². The minimum absolute atomic E-state index is 0.310. The Morgan fingerprint density at radius 2 is 1.43 bits per heavy atom. The van der Waals surface area contributed by atoms with Crippen LogP contribution in [0, 0.1) is 0 Å². The van der Waals surface area contributed by atoms with Crippen molar-refractivity contribution in [3.05, 3.63) is 113 Å². The molecule has 2 aliphatic rings. The van der Waals surface area contributed by atoms with Crippen LogP contribution in [0.3, 0.4) is 0 Å². The summed E-state index contributed by atoms with van der Waals surface area (Å²) in [4.78, 5) is 18.0. The molecule has 2 aliphatic heterocycles. The van der Waals surface area contributed by atoms with Crippen molar-refractivity contribution in [2.24, 2.45) is 0 Å². The molecule has 1 unspecified atom stereocenters. The van der Waals surface area contributed by atoms with Gasteiger partial charge in [-0.1, -0.05) is 56.2 Å². The average molecular weight is 533 g/mol. The van der Waals surface area contributed by atoms with Crippen LogP contribution in [-0.2, 0) is 10.3 Å². The van der Waals surface area contributed by atoms with E-state index in [0.717, 1.165) is 78.4 Å². The SMILES string of the molecule is CCCCCN(c1ccccc1)c1ccc2c(c1)C1(OC(=O)c3ccccc31)c1ccc(N(CC)CC)cc1O2. The molecule has 0 aromatic heterocycles. The molecule has 4 aromatic rings. The molecule has 0 N–H and O–H groups in total. The van der Waals surface area contributed by atoms with Crippen molar-refractivity contribution < 1.29 is 14.3 Å². The molecule has 204 valence electrons. The topological polar surface area (TPSA) is 42.0 Å². The number of unbranched alkanes of at least 4 members (excludes halogenated alkanes) is 2. The van der Waals surface area contributed by atoms with Gasteiger partial charge in [0.1, 0.15) is 11.5 Å². The molecule has 0 radical (unpaired) electrons. The summed E-state index contributed by atoms with van der Waals surface area (Å²) in [6.45, 7) is 9.20. The van der Waals surface area contributed by atoms with E-state index in [0.29, 0.717) is 11.3 Å². The summed E-state index contributed by atoms with van der Waals surface area (Å²) in [5.41, 5.74) is 5.34. The largest absolute Gasteiger partial charge is 0.456 e. The molecular weight excluding hydrogens is 496 g/mol. The number of para-hydroxylation sites is 1. The maximum atomic E-state index is 13.4. The number of hydrogen-bond acceptors (Lipinski definition) is 5.